The standard InChI is InChI=1S/C20H23N3O6/c24-17(7-9-19(26)27)21-14-5-6-16(23-11-3-1-2-4-12-23)15(13-14)22-18(25)8-10-20(28)29/h5-10,13H,1-4,11-12H2,(H,21,24)(H,22,25)(H,26,27)(H,28,29)/b9-7+,10-8+. The molecule has 1 fully saturated rings. The average Bonchev–Trinajstić information content (AvgIpc) is 2.94. The Hall–Kier alpha value is -3.62. The monoisotopic (exact) mass is 401 g/mol. The molecule has 0 unspecified atom stereocenters. The zero-order valence-electron chi connectivity index (χ0n) is 15.8. The molecule has 1 aromatic rings. The van der Waals surface area contributed by atoms with Gasteiger partial charge in [-0.25, -0.2) is 9.59 Å². The Morgan fingerprint density at radius 1 is 0.793 bits per heavy atom. The van der Waals surface area contributed by atoms with E-state index in [1.807, 2.05) is 0 Å². The number of carbonyl (C=O) groups is 4. The van der Waals surface area contributed by atoms with Gasteiger partial charge in [-0.05, 0) is 31.0 Å². The highest BCUT2D eigenvalue weighted by molar-refractivity contribution is 6.06. The fourth-order valence-electron chi connectivity index (χ4n) is 2.95. The van der Waals surface area contributed by atoms with Gasteiger partial charge >= 0.3 is 11.9 Å². The third kappa shape index (κ3) is 7.49. The summed E-state index contributed by atoms with van der Waals surface area (Å²) >= 11 is 0. The maximum absolute atomic E-state index is 12.1. The van der Waals surface area contributed by atoms with Gasteiger partial charge in [0.1, 0.15) is 0 Å². The van der Waals surface area contributed by atoms with Crippen molar-refractivity contribution < 1.29 is 29.4 Å². The van der Waals surface area contributed by atoms with Gasteiger partial charge in [0.2, 0.25) is 11.8 Å². The van der Waals surface area contributed by atoms with Crippen molar-refractivity contribution in [1.82, 2.24) is 0 Å². The summed E-state index contributed by atoms with van der Waals surface area (Å²) < 4.78 is 0. The molecule has 2 rings (SSSR count). The van der Waals surface area contributed by atoms with Crippen LogP contribution in [0.3, 0.4) is 0 Å². The quantitative estimate of drug-likeness (QED) is 0.514. The molecule has 0 radical (unpaired) electrons. The van der Waals surface area contributed by atoms with Crippen LogP contribution in [0.4, 0.5) is 17.1 Å². The number of anilines is 3. The highest BCUT2D eigenvalue weighted by atomic mass is 16.4. The highest BCUT2D eigenvalue weighted by Gasteiger charge is 2.16. The lowest BCUT2D eigenvalue weighted by atomic mass is 10.2. The van der Waals surface area contributed by atoms with Gasteiger partial charge in [0.05, 0.1) is 11.4 Å². The number of rotatable bonds is 7. The van der Waals surface area contributed by atoms with Crippen molar-refractivity contribution in [1.29, 1.82) is 0 Å². The topological polar surface area (TPSA) is 136 Å². The minimum Gasteiger partial charge on any atom is -0.478 e. The Kier molecular flexibility index (Phi) is 7.96. The Bertz CT molecular complexity index is 839. The molecule has 2 amide bonds. The second-order valence-electron chi connectivity index (χ2n) is 6.45. The van der Waals surface area contributed by atoms with Gasteiger partial charge in [-0.1, -0.05) is 12.8 Å². The van der Waals surface area contributed by atoms with Crippen molar-refractivity contribution in [3.8, 4) is 0 Å². The molecule has 4 N–H and O–H groups in total. The van der Waals surface area contributed by atoms with E-state index < -0.39 is 23.8 Å². The zero-order chi connectivity index (χ0) is 21.2. The van der Waals surface area contributed by atoms with Crippen molar-refractivity contribution >= 4 is 40.8 Å². The van der Waals surface area contributed by atoms with E-state index in [-0.39, 0.29) is 0 Å². The normalized spacial score (nSPS) is 14.6. The summed E-state index contributed by atoms with van der Waals surface area (Å²) in [5.74, 6) is -3.72. The van der Waals surface area contributed by atoms with Crippen molar-refractivity contribution in [2.24, 2.45) is 0 Å². The molecule has 0 spiro atoms. The number of hydrogen-bond acceptors (Lipinski definition) is 5. The average molecular weight is 401 g/mol. The Labute approximate surface area is 167 Å². The van der Waals surface area contributed by atoms with Crippen LogP contribution >= 0.6 is 0 Å². The highest BCUT2D eigenvalue weighted by Crippen LogP contribution is 2.31. The molecule has 1 aliphatic heterocycles. The fourth-order valence-corrected chi connectivity index (χ4v) is 2.95. The molecule has 1 heterocycles. The molecule has 0 aliphatic carbocycles. The maximum atomic E-state index is 12.1. The first kappa shape index (κ1) is 21.7. The second-order valence-corrected chi connectivity index (χ2v) is 6.45. The van der Waals surface area contributed by atoms with Crippen LogP contribution in [-0.2, 0) is 19.2 Å². The van der Waals surface area contributed by atoms with Crippen LogP contribution in [0, 0.1) is 0 Å². The van der Waals surface area contributed by atoms with Crippen molar-refractivity contribution in [3.05, 3.63) is 42.5 Å². The molecule has 1 saturated heterocycles. The molecule has 0 saturated carbocycles. The molecule has 9 heteroatoms. The predicted octanol–water partition coefficient (Wildman–Crippen LogP) is 2.23. The summed E-state index contributed by atoms with van der Waals surface area (Å²) in [5.41, 5.74) is 1.55. The summed E-state index contributed by atoms with van der Waals surface area (Å²) in [6.45, 7) is 1.64. The summed E-state index contributed by atoms with van der Waals surface area (Å²) in [7, 11) is 0. The molecule has 0 bridgehead atoms. The molecule has 9 nitrogen and oxygen atoms in total. The van der Waals surface area contributed by atoms with Crippen molar-refractivity contribution in [2.75, 3.05) is 28.6 Å². The smallest absolute Gasteiger partial charge is 0.328 e. The van der Waals surface area contributed by atoms with E-state index in [4.69, 9.17) is 10.2 Å². The lowest BCUT2D eigenvalue weighted by Gasteiger charge is -2.26. The predicted molar refractivity (Wildman–Crippen MR) is 108 cm³/mol. The van der Waals surface area contributed by atoms with Gasteiger partial charge in [-0.3, -0.25) is 9.59 Å². The molecule has 29 heavy (non-hydrogen) atoms. The maximum Gasteiger partial charge on any atom is 0.328 e. The summed E-state index contributed by atoms with van der Waals surface area (Å²) in [4.78, 5) is 47.2. The minimum absolute atomic E-state index is 0.362. The van der Waals surface area contributed by atoms with Crippen LogP contribution in [0.1, 0.15) is 25.7 Å². The van der Waals surface area contributed by atoms with Crippen LogP contribution in [-0.4, -0.2) is 47.1 Å². The third-order valence-corrected chi connectivity index (χ3v) is 4.22. The number of aliphatic carboxylic acids is 2. The molecule has 1 aromatic carbocycles. The van der Waals surface area contributed by atoms with E-state index in [1.54, 1.807) is 18.2 Å². The summed E-state index contributed by atoms with van der Waals surface area (Å²) in [5, 5.41) is 22.5. The number of amides is 2. The van der Waals surface area contributed by atoms with Crippen molar-refractivity contribution in [3.63, 3.8) is 0 Å². The van der Waals surface area contributed by atoms with Gasteiger partial charge in [-0.2, -0.15) is 0 Å². The number of hydrogen-bond donors (Lipinski definition) is 4. The number of carboxylic acids is 2. The number of nitrogens with zero attached hydrogens (tertiary/aromatic N) is 1. The lowest BCUT2D eigenvalue weighted by Crippen LogP contribution is -2.25. The van der Waals surface area contributed by atoms with E-state index >= 15 is 0 Å². The molecular weight excluding hydrogens is 378 g/mol. The van der Waals surface area contributed by atoms with E-state index in [0.29, 0.717) is 11.4 Å². The number of nitrogens with one attached hydrogen (secondary N) is 2. The van der Waals surface area contributed by atoms with Crippen LogP contribution in [0.15, 0.2) is 42.5 Å². The first-order valence-corrected chi connectivity index (χ1v) is 9.18. The Balaban J connectivity index is 2.27. The largest absolute Gasteiger partial charge is 0.478 e. The Morgan fingerprint density at radius 2 is 1.34 bits per heavy atom. The van der Waals surface area contributed by atoms with Gasteiger partial charge in [0.25, 0.3) is 0 Å². The van der Waals surface area contributed by atoms with Crippen LogP contribution < -0.4 is 15.5 Å². The molecule has 1 aliphatic rings. The first-order valence-electron chi connectivity index (χ1n) is 9.18. The number of carboxylic acid groups (broad SMARTS) is 2. The summed E-state index contributed by atoms with van der Waals surface area (Å²) in [6.07, 6.45) is 7.56. The molecule has 0 atom stereocenters. The molecular formula is C20H23N3O6. The van der Waals surface area contributed by atoms with Gasteiger partial charge < -0.3 is 25.7 Å². The SMILES string of the molecule is O=C(O)/C=C/C(=O)Nc1ccc(N2CCCCCC2)c(NC(=O)/C=C/C(=O)O)c1. The molecule has 154 valence electrons. The van der Waals surface area contributed by atoms with Crippen LogP contribution in [0.5, 0.6) is 0 Å². The second kappa shape index (κ2) is 10.6. The summed E-state index contributed by atoms with van der Waals surface area (Å²) in [6, 6.07) is 4.98. The van der Waals surface area contributed by atoms with E-state index in [1.165, 1.54) is 0 Å². The van der Waals surface area contributed by atoms with Crippen LogP contribution in [0.25, 0.3) is 0 Å². The minimum atomic E-state index is -1.24. The van der Waals surface area contributed by atoms with E-state index in [9.17, 15) is 19.2 Å². The first-order chi connectivity index (χ1) is 13.8. The van der Waals surface area contributed by atoms with Gasteiger partial charge in [0.15, 0.2) is 0 Å². The van der Waals surface area contributed by atoms with Gasteiger partial charge in [0, 0.05) is 43.1 Å². The number of benzene rings is 1. The fraction of sp³-hybridized carbons (Fsp3) is 0.300. The molecule has 0 aromatic heterocycles. The van der Waals surface area contributed by atoms with Gasteiger partial charge in [-0.15, -0.1) is 0 Å². The van der Waals surface area contributed by atoms with Crippen LogP contribution in [0.2, 0.25) is 0 Å². The third-order valence-electron chi connectivity index (χ3n) is 4.22. The zero-order valence-corrected chi connectivity index (χ0v) is 15.8. The van der Waals surface area contributed by atoms with E-state index in [2.05, 4.69) is 15.5 Å². The lowest BCUT2D eigenvalue weighted by molar-refractivity contribution is -0.132. The number of carbonyl (C=O) groups excluding carboxylic acids is 2. The van der Waals surface area contributed by atoms with Crippen molar-refractivity contribution in [2.45, 2.75) is 25.7 Å². The Morgan fingerprint density at radius 3 is 1.90 bits per heavy atom. The van der Waals surface area contributed by atoms with E-state index in [0.717, 1.165) is 68.8 Å².